The van der Waals surface area contributed by atoms with Crippen molar-refractivity contribution in [1.82, 2.24) is 4.98 Å². The van der Waals surface area contributed by atoms with Crippen LogP contribution >= 0.6 is 22.9 Å². The number of Topliss-reactive ketones (excluding diaryl/α,β-unsaturated/α-hetero) is 1. The van der Waals surface area contributed by atoms with Crippen LogP contribution < -0.4 is 9.80 Å². The van der Waals surface area contributed by atoms with Gasteiger partial charge in [0.1, 0.15) is 5.69 Å². The SMILES string of the molecule is O=C(CCl)c1csc(N2CCN(c3ccccc3)CC2)n1. The van der Waals surface area contributed by atoms with Crippen molar-refractivity contribution in [1.29, 1.82) is 0 Å². The third-order valence-electron chi connectivity index (χ3n) is 3.57. The van der Waals surface area contributed by atoms with E-state index in [9.17, 15) is 4.79 Å². The van der Waals surface area contributed by atoms with E-state index in [1.165, 1.54) is 17.0 Å². The van der Waals surface area contributed by atoms with Crippen LogP contribution in [-0.2, 0) is 0 Å². The summed E-state index contributed by atoms with van der Waals surface area (Å²) < 4.78 is 0. The number of nitrogens with zero attached hydrogens (tertiary/aromatic N) is 3. The minimum atomic E-state index is -0.109. The Hall–Kier alpha value is -1.59. The second-order valence-corrected chi connectivity index (χ2v) is 5.99. The van der Waals surface area contributed by atoms with E-state index in [4.69, 9.17) is 11.6 Å². The molecule has 0 atom stereocenters. The third kappa shape index (κ3) is 3.19. The monoisotopic (exact) mass is 321 g/mol. The van der Waals surface area contributed by atoms with Crippen molar-refractivity contribution in [2.45, 2.75) is 0 Å². The molecule has 3 rings (SSSR count). The molecule has 0 saturated carbocycles. The van der Waals surface area contributed by atoms with Gasteiger partial charge in [0, 0.05) is 37.2 Å². The molecule has 2 heterocycles. The lowest BCUT2D eigenvalue weighted by molar-refractivity contribution is 0.101. The van der Waals surface area contributed by atoms with Crippen LogP contribution in [0.5, 0.6) is 0 Å². The molecule has 110 valence electrons. The normalized spacial score (nSPS) is 15.3. The Morgan fingerprint density at radius 1 is 1.14 bits per heavy atom. The number of thiazole rings is 1. The zero-order chi connectivity index (χ0) is 14.7. The fourth-order valence-corrected chi connectivity index (χ4v) is 3.42. The summed E-state index contributed by atoms with van der Waals surface area (Å²) in [5.74, 6) is -0.118. The van der Waals surface area contributed by atoms with E-state index in [1.54, 1.807) is 5.38 Å². The number of alkyl halides is 1. The molecule has 0 bridgehead atoms. The number of carbonyl (C=O) groups excluding carboxylic acids is 1. The largest absolute Gasteiger partial charge is 0.368 e. The van der Waals surface area contributed by atoms with Crippen molar-refractivity contribution in [3.63, 3.8) is 0 Å². The van der Waals surface area contributed by atoms with Crippen LogP contribution in [0, 0.1) is 0 Å². The van der Waals surface area contributed by atoms with Crippen molar-refractivity contribution in [3.05, 3.63) is 41.4 Å². The van der Waals surface area contributed by atoms with Gasteiger partial charge in [-0.2, -0.15) is 0 Å². The van der Waals surface area contributed by atoms with Gasteiger partial charge in [-0.25, -0.2) is 4.98 Å². The highest BCUT2D eigenvalue weighted by Crippen LogP contribution is 2.24. The molecule has 2 aromatic rings. The number of piperazine rings is 1. The van der Waals surface area contributed by atoms with Gasteiger partial charge in [-0.15, -0.1) is 22.9 Å². The van der Waals surface area contributed by atoms with E-state index in [1.807, 2.05) is 6.07 Å². The number of hydrogen-bond donors (Lipinski definition) is 0. The highest BCUT2D eigenvalue weighted by atomic mass is 35.5. The average Bonchev–Trinajstić information content (AvgIpc) is 3.05. The van der Waals surface area contributed by atoms with E-state index in [0.717, 1.165) is 31.3 Å². The topological polar surface area (TPSA) is 36.4 Å². The fourth-order valence-electron chi connectivity index (χ4n) is 2.40. The van der Waals surface area contributed by atoms with Gasteiger partial charge in [-0.05, 0) is 12.1 Å². The van der Waals surface area contributed by atoms with Crippen LogP contribution in [0.3, 0.4) is 0 Å². The first-order chi connectivity index (χ1) is 10.3. The molecule has 6 heteroatoms. The lowest BCUT2D eigenvalue weighted by atomic mass is 10.2. The van der Waals surface area contributed by atoms with Crippen LogP contribution in [-0.4, -0.2) is 42.8 Å². The van der Waals surface area contributed by atoms with Gasteiger partial charge in [-0.3, -0.25) is 4.79 Å². The minimum absolute atomic E-state index is 0.00897. The number of ketones is 1. The van der Waals surface area contributed by atoms with Crippen LogP contribution in [0.25, 0.3) is 0 Å². The van der Waals surface area contributed by atoms with E-state index in [-0.39, 0.29) is 11.7 Å². The maximum absolute atomic E-state index is 11.5. The number of hydrogen-bond acceptors (Lipinski definition) is 5. The van der Waals surface area contributed by atoms with Crippen LogP contribution in [0.15, 0.2) is 35.7 Å². The van der Waals surface area contributed by atoms with Gasteiger partial charge < -0.3 is 9.80 Å². The quantitative estimate of drug-likeness (QED) is 0.641. The molecule has 1 saturated heterocycles. The van der Waals surface area contributed by atoms with E-state index >= 15 is 0 Å². The van der Waals surface area contributed by atoms with Crippen LogP contribution in [0.2, 0.25) is 0 Å². The minimum Gasteiger partial charge on any atom is -0.368 e. The highest BCUT2D eigenvalue weighted by molar-refractivity contribution is 7.14. The molecule has 0 aliphatic carbocycles. The van der Waals surface area contributed by atoms with Gasteiger partial charge in [0.05, 0.1) is 5.88 Å². The molecule has 4 nitrogen and oxygen atoms in total. The van der Waals surface area contributed by atoms with Crippen molar-refractivity contribution in [2.24, 2.45) is 0 Å². The standard InChI is InChI=1S/C15H16ClN3OS/c16-10-14(20)13-11-21-15(17-13)19-8-6-18(7-9-19)12-4-2-1-3-5-12/h1-5,11H,6-10H2. The predicted molar refractivity (Wildman–Crippen MR) is 88.0 cm³/mol. The number of aromatic nitrogens is 1. The molecule has 1 aliphatic heterocycles. The Labute approximate surface area is 133 Å². The van der Waals surface area contributed by atoms with Crippen molar-refractivity contribution < 1.29 is 4.79 Å². The number of rotatable bonds is 4. The molecule has 0 radical (unpaired) electrons. The first kappa shape index (κ1) is 14.4. The van der Waals surface area contributed by atoms with Gasteiger partial charge in [0.25, 0.3) is 0 Å². The number of benzene rings is 1. The van der Waals surface area contributed by atoms with Crippen LogP contribution in [0.4, 0.5) is 10.8 Å². The smallest absolute Gasteiger partial charge is 0.196 e. The first-order valence-electron chi connectivity index (χ1n) is 6.87. The van der Waals surface area contributed by atoms with Gasteiger partial charge >= 0.3 is 0 Å². The summed E-state index contributed by atoms with van der Waals surface area (Å²) in [6.07, 6.45) is 0. The molecular formula is C15H16ClN3OS. The Morgan fingerprint density at radius 3 is 2.48 bits per heavy atom. The molecule has 0 unspecified atom stereocenters. The molecule has 0 amide bonds. The zero-order valence-corrected chi connectivity index (χ0v) is 13.1. The van der Waals surface area contributed by atoms with Gasteiger partial charge in [0.15, 0.2) is 10.9 Å². The number of carbonyl (C=O) groups is 1. The first-order valence-corrected chi connectivity index (χ1v) is 8.29. The maximum atomic E-state index is 11.5. The summed E-state index contributed by atoms with van der Waals surface area (Å²) in [5, 5.41) is 2.71. The number of anilines is 2. The molecule has 0 N–H and O–H groups in total. The van der Waals surface area contributed by atoms with Crippen molar-refractivity contribution in [2.75, 3.05) is 41.9 Å². The Bertz CT molecular complexity index is 608. The number of para-hydroxylation sites is 1. The average molecular weight is 322 g/mol. The van der Waals surface area contributed by atoms with E-state index in [2.05, 4.69) is 39.0 Å². The molecule has 1 aromatic heterocycles. The second-order valence-electron chi connectivity index (χ2n) is 4.88. The van der Waals surface area contributed by atoms with Gasteiger partial charge in [-0.1, -0.05) is 18.2 Å². The zero-order valence-electron chi connectivity index (χ0n) is 11.5. The second kappa shape index (κ2) is 6.45. The Morgan fingerprint density at radius 2 is 1.81 bits per heavy atom. The molecule has 21 heavy (non-hydrogen) atoms. The van der Waals surface area contributed by atoms with E-state index in [0.29, 0.717) is 5.69 Å². The molecule has 1 fully saturated rings. The summed E-state index contributed by atoms with van der Waals surface area (Å²) in [7, 11) is 0. The Kier molecular flexibility index (Phi) is 4.41. The Balaban J connectivity index is 1.63. The van der Waals surface area contributed by atoms with E-state index < -0.39 is 0 Å². The fraction of sp³-hybridized carbons (Fsp3) is 0.333. The lowest BCUT2D eigenvalue weighted by Crippen LogP contribution is -2.46. The van der Waals surface area contributed by atoms with Gasteiger partial charge in [0.2, 0.25) is 0 Å². The lowest BCUT2D eigenvalue weighted by Gasteiger charge is -2.35. The molecular weight excluding hydrogens is 306 g/mol. The summed E-state index contributed by atoms with van der Waals surface area (Å²) >= 11 is 7.08. The van der Waals surface area contributed by atoms with Crippen LogP contribution in [0.1, 0.15) is 10.5 Å². The molecule has 0 spiro atoms. The van der Waals surface area contributed by atoms with Crippen molar-refractivity contribution >= 4 is 39.5 Å². The van der Waals surface area contributed by atoms with Crippen molar-refractivity contribution in [3.8, 4) is 0 Å². The third-order valence-corrected chi connectivity index (χ3v) is 4.71. The highest BCUT2D eigenvalue weighted by Gasteiger charge is 2.20. The summed E-state index contributed by atoms with van der Waals surface area (Å²) in [6.45, 7) is 3.75. The summed E-state index contributed by atoms with van der Waals surface area (Å²) in [4.78, 5) is 20.5. The summed E-state index contributed by atoms with van der Waals surface area (Å²) in [5.41, 5.74) is 1.74. The number of halogens is 1. The maximum Gasteiger partial charge on any atom is 0.196 e. The molecule has 1 aromatic carbocycles. The summed E-state index contributed by atoms with van der Waals surface area (Å²) in [6, 6.07) is 10.4. The predicted octanol–water partition coefficient (Wildman–Crippen LogP) is 2.89. The molecule has 1 aliphatic rings.